The summed E-state index contributed by atoms with van der Waals surface area (Å²) in [6.07, 6.45) is -54.2. The summed E-state index contributed by atoms with van der Waals surface area (Å²) in [7, 11) is 0. The van der Waals surface area contributed by atoms with Gasteiger partial charge in [-0.2, -0.15) is 0 Å². The van der Waals surface area contributed by atoms with E-state index < -0.39 is 217 Å². The Balaban J connectivity index is 1.38. The first-order valence-corrected chi connectivity index (χ1v) is 21.8. The van der Waals surface area contributed by atoms with Crippen LogP contribution in [-0.4, -0.2) is 303 Å². The quantitative estimate of drug-likeness (QED) is 0.0724. The van der Waals surface area contributed by atoms with Crippen molar-refractivity contribution >= 4 is 5.91 Å². The molecular formula is C38H65NO29. The van der Waals surface area contributed by atoms with Crippen LogP contribution in [0.5, 0.6) is 0 Å². The first-order valence-electron chi connectivity index (χ1n) is 21.8. The molecule has 0 saturated carbocycles. The van der Waals surface area contributed by atoms with E-state index in [1.165, 1.54) is 13.8 Å². The molecule has 30 nitrogen and oxygen atoms in total. The molecule has 0 aromatic heterocycles. The average Bonchev–Trinajstić information content (AvgIpc) is 3.31. The first-order chi connectivity index (χ1) is 32.1. The zero-order valence-corrected chi connectivity index (χ0v) is 36.7. The summed E-state index contributed by atoms with van der Waals surface area (Å²) >= 11 is 0. The summed E-state index contributed by atoms with van der Waals surface area (Å²) in [6.45, 7) is -0.384. The van der Waals surface area contributed by atoms with E-state index in [0.717, 1.165) is 6.92 Å². The van der Waals surface area contributed by atoms with Gasteiger partial charge in [0.15, 0.2) is 37.7 Å². The topological polar surface area (TPSA) is 475 Å². The summed E-state index contributed by atoms with van der Waals surface area (Å²) in [5, 5.41) is 184. The van der Waals surface area contributed by atoms with E-state index in [1.54, 1.807) is 0 Å². The Hall–Kier alpha value is -1.65. The standard InChI is InChI=1S/C38H65NO29/c1-8-16(45)21(50)26(55)35(58-8)67-31-23(52)18(47)11(4-40)62-37(31)65-29-15(39-10(3)44)34(61-12(5-41)19(29)48)66-30-20(49)13(6-42)63-38(64-28-14(7-43)60-33(57)25(54)24(28)53)32(30)68-36-27(56)22(51)17(46)9(2)59-36/h8-9,11-38,40-43,45-57H,4-7H2,1-3H3,(H,39,44)/t8-,9-,11+,12+,13+,14+,15+,16+,17+,18-,19+,20-,21+,22+,23-,24+,25+,26-,27-,28+,29+,30-,31+,32+,33+,34-,35-,36-,37-,38-/m0/s1. The van der Waals surface area contributed by atoms with E-state index in [4.69, 9.17) is 52.1 Å². The molecule has 0 radical (unpaired) electrons. The van der Waals surface area contributed by atoms with Crippen molar-refractivity contribution in [2.45, 2.75) is 205 Å². The van der Waals surface area contributed by atoms with E-state index in [0.29, 0.717) is 0 Å². The molecule has 30 heteroatoms. The zero-order chi connectivity index (χ0) is 50.2. The van der Waals surface area contributed by atoms with Crippen LogP contribution < -0.4 is 5.32 Å². The third kappa shape index (κ3) is 11.4. The third-order valence-corrected chi connectivity index (χ3v) is 12.8. The van der Waals surface area contributed by atoms with Crippen LogP contribution in [0, 0.1) is 0 Å². The minimum atomic E-state index is -2.08. The average molecular weight is 1000 g/mol. The van der Waals surface area contributed by atoms with Gasteiger partial charge in [0.2, 0.25) is 5.91 Å². The van der Waals surface area contributed by atoms with Gasteiger partial charge in [-0.1, -0.05) is 0 Å². The van der Waals surface area contributed by atoms with Crippen molar-refractivity contribution < 1.29 is 144 Å². The molecule has 0 aromatic carbocycles. The maximum atomic E-state index is 12.9. The normalized spacial score (nSPS) is 52.6. The third-order valence-electron chi connectivity index (χ3n) is 12.8. The number of rotatable bonds is 15. The molecule has 396 valence electrons. The summed E-state index contributed by atoms with van der Waals surface area (Å²) in [4.78, 5) is 12.9. The predicted molar refractivity (Wildman–Crippen MR) is 208 cm³/mol. The Kier molecular flexibility index (Phi) is 19.2. The molecular weight excluding hydrogens is 934 g/mol. The summed E-state index contributed by atoms with van der Waals surface area (Å²) in [5.74, 6) is -0.881. The second-order valence-corrected chi connectivity index (χ2v) is 17.5. The second-order valence-electron chi connectivity index (χ2n) is 17.5. The number of hydrogen-bond donors (Lipinski definition) is 18. The van der Waals surface area contributed by atoms with Crippen molar-refractivity contribution in [3.8, 4) is 0 Å². The lowest BCUT2D eigenvalue weighted by molar-refractivity contribution is -0.405. The molecule has 6 aliphatic heterocycles. The fourth-order valence-electron chi connectivity index (χ4n) is 8.76. The molecule has 0 bridgehead atoms. The van der Waals surface area contributed by atoms with Crippen LogP contribution in [0.2, 0.25) is 0 Å². The van der Waals surface area contributed by atoms with Gasteiger partial charge in [-0.25, -0.2) is 0 Å². The highest BCUT2D eigenvalue weighted by atomic mass is 16.8. The molecule has 6 rings (SSSR count). The highest BCUT2D eigenvalue weighted by molar-refractivity contribution is 5.73. The molecule has 6 fully saturated rings. The van der Waals surface area contributed by atoms with Crippen LogP contribution >= 0.6 is 0 Å². The largest absolute Gasteiger partial charge is 0.394 e. The Morgan fingerprint density at radius 1 is 0.382 bits per heavy atom. The molecule has 6 aliphatic rings. The van der Waals surface area contributed by atoms with Crippen LogP contribution in [0.1, 0.15) is 20.8 Å². The molecule has 18 N–H and O–H groups in total. The minimum absolute atomic E-state index is 0.881. The van der Waals surface area contributed by atoms with Crippen LogP contribution in [0.25, 0.3) is 0 Å². The van der Waals surface area contributed by atoms with Gasteiger partial charge in [0.25, 0.3) is 0 Å². The number of carbonyl (C=O) groups excluding carboxylic acids is 1. The maximum absolute atomic E-state index is 12.9. The number of carbonyl (C=O) groups is 1. The highest BCUT2D eigenvalue weighted by Crippen LogP contribution is 2.38. The van der Waals surface area contributed by atoms with Crippen LogP contribution in [-0.2, 0) is 56.9 Å². The molecule has 68 heavy (non-hydrogen) atoms. The summed E-state index contributed by atoms with van der Waals surface area (Å²) < 4.78 is 64.0. The summed E-state index contributed by atoms with van der Waals surface area (Å²) in [5.41, 5.74) is 0. The number of aliphatic hydroxyl groups excluding tert-OH is 17. The Labute approximate surface area is 386 Å². The van der Waals surface area contributed by atoms with Crippen molar-refractivity contribution in [1.82, 2.24) is 5.32 Å². The number of aliphatic hydroxyl groups is 17. The summed E-state index contributed by atoms with van der Waals surface area (Å²) in [6, 6.07) is -1.83. The van der Waals surface area contributed by atoms with Crippen LogP contribution in [0.15, 0.2) is 0 Å². The lowest BCUT2D eigenvalue weighted by atomic mass is 9.94. The fraction of sp³-hybridized carbons (Fsp3) is 0.974. The number of amides is 1. The lowest BCUT2D eigenvalue weighted by Gasteiger charge is -2.52. The molecule has 0 aliphatic carbocycles. The van der Waals surface area contributed by atoms with E-state index in [2.05, 4.69) is 5.32 Å². The van der Waals surface area contributed by atoms with Gasteiger partial charge in [0, 0.05) is 6.92 Å². The monoisotopic (exact) mass is 999 g/mol. The maximum Gasteiger partial charge on any atom is 0.217 e. The minimum Gasteiger partial charge on any atom is -0.394 e. The van der Waals surface area contributed by atoms with E-state index >= 15 is 0 Å². The van der Waals surface area contributed by atoms with Gasteiger partial charge in [-0.05, 0) is 13.8 Å². The Morgan fingerprint density at radius 2 is 0.779 bits per heavy atom. The SMILES string of the molecule is CC(=O)N[C@H]1[C@H](O[C@H]2[C@@H](O)[C@@H](CO)O[C@@H](O[C@H]3[C@H](O)[C@@H](O)[C@H](O)O[C@@H]3CO)[C@@H]2O[C@@H]2O[C@@H](C)[C@@H](O)[C@@H](O)[C@@H]2O)O[C@H](CO)[C@@H](O)[C@@H]1O[C@@H]1O[C@H](CO)[C@H](O)[C@H](O)[C@H]1O[C@@H]1O[C@@H](C)[C@@H](O)[C@@H](O)[C@@H]1O. The first kappa shape index (κ1) is 55.7. The van der Waals surface area contributed by atoms with Gasteiger partial charge >= 0.3 is 0 Å². The van der Waals surface area contributed by atoms with Gasteiger partial charge < -0.3 is 144 Å². The number of nitrogens with one attached hydrogen (secondary N) is 1. The highest BCUT2D eigenvalue weighted by Gasteiger charge is 2.59. The van der Waals surface area contributed by atoms with Crippen molar-refractivity contribution in [2.24, 2.45) is 0 Å². The molecule has 0 unspecified atom stereocenters. The van der Waals surface area contributed by atoms with Gasteiger partial charge in [-0.15, -0.1) is 0 Å². The second kappa shape index (κ2) is 23.5. The van der Waals surface area contributed by atoms with Crippen LogP contribution in [0.4, 0.5) is 0 Å². The lowest BCUT2D eigenvalue weighted by Crippen LogP contribution is -2.71. The van der Waals surface area contributed by atoms with Crippen molar-refractivity contribution in [3.05, 3.63) is 0 Å². The number of hydrogen-bond acceptors (Lipinski definition) is 29. The van der Waals surface area contributed by atoms with E-state index in [-0.39, 0.29) is 0 Å². The predicted octanol–water partition coefficient (Wildman–Crippen LogP) is -11.9. The van der Waals surface area contributed by atoms with Crippen molar-refractivity contribution in [3.63, 3.8) is 0 Å². The molecule has 6 saturated heterocycles. The smallest absolute Gasteiger partial charge is 0.217 e. The number of ether oxygens (including phenoxy) is 11. The van der Waals surface area contributed by atoms with E-state index in [1.807, 2.05) is 0 Å². The molecule has 6 heterocycles. The fourth-order valence-corrected chi connectivity index (χ4v) is 8.76. The molecule has 30 atom stereocenters. The molecule has 0 aromatic rings. The Bertz CT molecular complexity index is 1590. The zero-order valence-electron chi connectivity index (χ0n) is 36.7. The van der Waals surface area contributed by atoms with Crippen LogP contribution in [0.3, 0.4) is 0 Å². The Morgan fingerprint density at radius 3 is 1.28 bits per heavy atom. The van der Waals surface area contributed by atoms with Crippen molar-refractivity contribution in [1.29, 1.82) is 0 Å². The van der Waals surface area contributed by atoms with Gasteiger partial charge in [0.05, 0.1) is 38.6 Å². The van der Waals surface area contributed by atoms with E-state index in [9.17, 15) is 91.6 Å². The van der Waals surface area contributed by atoms with Gasteiger partial charge in [0.1, 0.15) is 134 Å². The molecule has 0 spiro atoms. The molecule has 1 amide bonds. The van der Waals surface area contributed by atoms with Gasteiger partial charge in [-0.3, -0.25) is 4.79 Å². The van der Waals surface area contributed by atoms with Crippen molar-refractivity contribution in [2.75, 3.05) is 26.4 Å².